The van der Waals surface area contributed by atoms with E-state index in [1.165, 1.54) is 12.1 Å². The predicted molar refractivity (Wildman–Crippen MR) is 70.3 cm³/mol. The van der Waals surface area contributed by atoms with Crippen LogP contribution in [0.3, 0.4) is 0 Å². The van der Waals surface area contributed by atoms with Crippen LogP contribution in [0.1, 0.15) is 11.4 Å². The summed E-state index contributed by atoms with van der Waals surface area (Å²) in [5.41, 5.74) is 0.858. The molecule has 0 aliphatic rings. The average molecular weight is 298 g/mol. The van der Waals surface area contributed by atoms with Crippen LogP contribution >= 0.6 is 0 Å². The lowest BCUT2D eigenvalue weighted by molar-refractivity contribution is -0.167. The molecule has 1 amide bonds. The van der Waals surface area contributed by atoms with Crippen molar-refractivity contribution < 1.29 is 18.0 Å². The Hall–Kier alpha value is -2.35. The minimum absolute atomic E-state index is 0.106. The van der Waals surface area contributed by atoms with Crippen LogP contribution in [0.4, 0.5) is 18.9 Å². The molecule has 0 atom stereocenters. The molecule has 0 bridgehead atoms. The van der Waals surface area contributed by atoms with E-state index in [2.05, 4.69) is 15.3 Å². The highest BCUT2D eigenvalue weighted by molar-refractivity contribution is 5.94. The summed E-state index contributed by atoms with van der Waals surface area (Å²) in [7, 11) is 0. The molecule has 1 aromatic heterocycles. The molecule has 112 valence electrons. The van der Waals surface area contributed by atoms with E-state index in [0.717, 1.165) is 11.4 Å². The Kier molecular flexibility index (Phi) is 4.59. The maximum Gasteiger partial charge on any atom is 0.471 e. The van der Waals surface area contributed by atoms with Crippen molar-refractivity contribution in [1.29, 1.82) is 0 Å². The number of rotatable bonds is 5. The van der Waals surface area contributed by atoms with Crippen LogP contribution in [0.25, 0.3) is 0 Å². The molecule has 1 aromatic carbocycles. The molecule has 21 heavy (non-hydrogen) atoms. The van der Waals surface area contributed by atoms with E-state index in [9.17, 15) is 18.0 Å². The number of aromatic nitrogens is 2. The first kappa shape index (κ1) is 15.0. The van der Waals surface area contributed by atoms with Gasteiger partial charge in [0.05, 0.1) is 6.54 Å². The number of anilines is 1. The molecule has 8 heteroatoms. The van der Waals surface area contributed by atoms with Crippen molar-refractivity contribution >= 4 is 11.6 Å². The summed E-state index contributed by atoms with van der Waals surface area (Å²) in [5.74, 6) is -1.22. The Morgan fingerprint density at radius 1 is 1.29 bits per heavy atom. The fraction of sp³-hybridized carbons (Fsp3) is 0.231. The van der Waals surface area contributed by atoms with Gasteiger partial charge < -0.3 is 15.6 Å². The first-order valence-corrected chi connectivity index (χ1v) is 6.11. The topological polar surface area (TPSA) is 69.8 Å². The molecule has 2 rings (SSSR count). The maximum absolute atomic E-state index is 12.2. The number of carbonyl (C=O) groups excluding carboxylic acids is 1. The largest absolute Gasteiger partial charge is 0.471 e. The molecule has 5 nitrogen and oxygen atoms in total. The number of halogens is 3. The minimum Gasteiger partial charge on any atom is -0.348 e. The van der Waals surface area contributed by atoms with Crippen LogP contribution in [0.5, 0.6) is 0 Å². The van der Waals surface area contributed by atoms with E-state index in [-0.39, 0.29) is 5.69 Å². The molecule has 2 aromatic rings. The zero-order valence-electron chi connectivity index (χ0n) is 10.9. The van der Waals surface area contributed by atoms with Gasteiger partial charge in [0.15, 0.2) is 0 Å². The Bertz CT molecular complexity index is 596. The summed E-state index contributed by atoms with van der Waals surface area (Å²) in [4.78, 5) is 17.8. The fourth-order valence-electron chi connectivity index (χ4n) is 1.68. The molecule has 3 N–H and O–H groups in total. The molecule has 0 spiro atoms. The lowest BCUT2D eigenvalue weighted by Gasteiger charge is -2.09. The van der Waals surface area contributed by atoms with Crippen LogP contribution in [0.15, 0.2) is 36.7 Å². The first-order valence-electron chi connectivity index (χ1n) is 6.11. The second-order valence-corrected chi connectivity index (χ2v) is 4.29. The lowest BCUT2D eigenvalue weighted by atomic mass is 10.2. The number of hydrogen-bond acceptors (Lipinski definition) is 3. The van der Waals surface area contributed by atoms with Crippen LogP contribution in [0.2, 0.25) is 0 Å². The summed E-state index contributed by atoms with van der Waals surface area (Å²) in [5, 5.41) is 4.90. The van der Waals surface area contributed by atoms with E-state index < -0.39 is 12.1 Å². The molecule has 1 heterocycles. The van der Waals surface area contributed by atoms with Crippen LogP contribution in [-0.4, -0.2) is 22.1 Å². The summed E-state index contributed by atoms with van der Waals surface area (Å²) < 4.78 is 36.5. The number of nitrogens with one attached hydrogen (secondary N) is 3. The second-order valence-electron chi connectivity index (χ2n) is 4.29. The van der Waals surface area contributed by atoms with E-state index in [4.69, 9.17) is 0 Å². The van der Waals surface area contributed by atoms with Gasteiger partial charge >= 0.3 is 12.1 Å². The molecule has 0 radical (unpaired) electrons. The third-order valence-corrected chi connectivity index (χ3v) is 2.62. The highest BCUT2D eigenvalue weighted by Crippen LogP contribution is 2.18. The molecule has 0 aliphatic heterocycles. The van der Waals surface area contributed by atoms with Gasteiger partial charge in [0.1, 0.15) is 5.82 Å². The SMILES string of the molecule is O=C(Nc1cccc(CNCc2ncc[nH]2)c1)C(F)(F)F. The number of nitrogens with zero attached hydrogens (tertiary/aromatic N) is 1. The number of H-pyrrole nitrogens is 1. The summed E-state index contributed by atoms with van der Waals surface area (Å²) in [6.07, 6.45) is -1.57. The molecule has 0 saturated carbocycles. The predicted octanol–water partition coefficient (Wildman–Crippen LogP) is 2.20. The molecular weight excluding hydrogens is 285 g/mol. The quantitative estimate of drug-likeness (QED) is 0.792. The van der Waals surface area contributed by atoms with Crippen molar-refractivity contribution in [2.24, 2.45) is 0 Å². The van der Waals surface area contributed by atoms with Gasteiger partial charge in [0.25, 0.3) is 0 Å². The van der Waals surface area contributed by atoms with Gasteiger partial charge in [-0.25, -0.2) is 4.98 Å². The molecule has 0 unspecified atom stereocenters. The molecule has 0 aliphatic carbocycles. The smallest absolute Gasteiger partial charge is 0.348 e. The van der Waals surface area contributed by atoms with Gasteiger partial charge in [-0.1, -0.05) is 12.1 Å². The van der Waals surface area contributed by atoms with Gasteiger partial charge in [-0.05, 0) is 17.7 Å². The zero-order chi connectivity index (χ0) is 15.3. The number of imidazole rings is 1. The van der Waals surface area contributed by atoms with Crippen LogP contribution in [-0.2, 0) is 17.9 Å². The van der Waals surface area contributed by atoms with Gasteiger partial charge in [-0.15, -0.1) is 0 Å². The van der Waals surface area contributed by atoms with Gasteiger partial charge in [-0.2, -0.15) is 13.2 Å². The summed E-state index contributed by atoms with van der Waals surface area (Å²) in [6.45, 7) is 0.947. The maximum atomic E-state index is 12.2. The molecule has 0 saturated heterocycles. The number of benzene rings is 1. The monoisotopic (exact) mass is 298 g/mol. The Labute approximate surface area is 118 Å². The van der Waals surface area contributed by atoms with E-state index >= 15 is 0 Å². The Morgan fingerprint density at radius 2 is 2.10 bits per heavy atom. The van der Waals surface area contributed by atoms with Crippen molar-refractivity contribution in [3.05, 3.63) is 48.0 Å². The minimum atomic E-state index is -4.90. The normalized spacial score (nSPS) is 11.4. The van der Waals surface area contributed by atoms with Crippen LogP contribution in [0, 0.1) is 0 Å². The van der Waals surface area contributed by atoms with E-state index in [1.54, 1.807) is 24.5 Å². The first-order chi connectivity index (χ1) is 9.95. The number of carbonyl (C=O) groups is 1. The molecular formula is C13H13F3N4O. The lowest BCUT2D eigenvalue weighted by Crippen LogP contribution is -2.29. The number of alkyl halides is 3. The Balaban J connectivity index is 1.90. The fourth-order valence-corrected chi connectivity index (χ4v) is 1.68. The molecule has 0 fully saturated rings. The van der Waals surface area contributed by atoms with Crippen molar-refractivity contribution in [2.75, 3.05) is 5.32 Å². The third kappa shape index (κ3) is 4.60. The average Bonchev–Trinajstić information content (AvgIpc) is 2.91. The van der Waals surface area contributed by atoms with Crippen molar-refractivity contribution in [3.63, 3.8) is 0 Å². The second kappa shape index (κ2) is 6.40. The van der Waals surface area contributed by atoms with Gasteiger partial charge in [0, 0.05) is 24.6 Å². The van der Waals surface area contributed by atoms with Crippen molar-refractivity contribution in [3.8, 4) is 0 Å². The number of hydrogen-bond donors (Lipinski definition) is 3. The third-order valence-electron chi connectivity index (χ3n) is 2.62. The van der Waals surface area contributed by atoms with Gasteiger partial charge in [-0.3, -0.25) is 4.79 Å². The zero-order valence-corrected chi connectivity index (χ0v) is 10.9. The van der Waals surface area contributed by atoms with Gasteiger partial charge in [0.2, 0.25) is 0 Å². The summed E-state index contributed by atoms with van der Waals surface area (Å²) in [6, 6.07) is 6.21. The highest BCUT2D eigenvalue weighted by atomic mass is 19.4. The Morgan fingerprint density at radius 3 is 2.76 bits per heavy atom. The van der Waals surface area contributed by atoms with E-state index in [0.29, 0.717) is 13.1 Å². The van der Waals surface area contributed by atoms with E-state index in [1.807, 2.05) is 5.32 Å². The summed E-state index contributed by atoms with van der Waals surface area (Å²) >= 11 is 0. The van der Waals surface area contributed by atoms with Crippen molar-refractivity contribution in [1.82, 2.24) is 15.3 Å². The highest BCUT2D eigenvalue weighted by Gasteiger charge is 2.38. The standard InChI is InChI=1S/C13H13F3N4O/c14-13(15,16)12(21)20-10-3-1-2-9(6-10)7-17-8-11-18-4-5-19-11/h1-6,17H,7-8H2,(H,18,19)(H,20,21). The van der Waals surface area contributed by atoms with Crippen molar-refractivity contribution in [2.45, 2.75) is 19.3 Å². The number of amides is 1. The number of aromatic amines is 1. The van der Waals surface area contributed by atoms with Crippen LogP contribution < -0.4 is 10.6 Å².